The predicted octanol–water partition coefficient (Wildman–Crippen LogP) is 3.89. The number of rotatable bonds is 5. The number of carbonyl (C=O) groups is 3. The number of anilines is 1. The van der Waals surface area contributed by atoms with Crippen LogP contribution in [-0.2, 0) is 16.0 Å². The second-order valence-electron chi connectivity index (χ2n) is 9.52. The van der Waals surface area contributed by atoms with E-state index in [0.29, 0.717) is 22.7 Å². The van der Waals surface area contributed by atoms with Crippen LogP contribution in [0.15, 0.2) is 55.0 Å². The summed E-state index contributed by atoms with van der Waals surface area (Å²) >= 11 is 0. The number of nitrogens with zero attached hydrogens (tertiary/aromatic N) is 5. The number of aryl methyl sites for hydroxylation is 2. The number of benzene rings is 1. The smallest absolute Gasteiger partial charge is 0.248 e. The largest absolute Gasteiger partial charge is 0.327 e. The first kappa shape index (κ1) is 25.2. The maximum atomic E-state index is 14.4. The molecule has 1 aliphatic rings. The Balaban J connectivity index is 1.41. The fourth-order valence-corrected chi connectivity index (χ4v) is 4.82. The molecule has 1 aliphatic heterocycles. The van der Waals surface area contributed by atoms with E-state index in [1.165, 1.54) is 16.4 Å². The Morgan fingerprint density at radius 2 is 1.84 bits per heavy atom. The van der Waals surface area contributed by atoms with Gasteiger partial charge >= 0.3 is 0 Å². The molecular weight excluding hydrogens is 487 g/mol. The first-order valence-corrected chi connectivity index (χ1v) is 12.3. The maximum absolute atomic E-state index is 14.4. The minimum atomic E-state index is -1.31. The zero-order chi connectivity index (χ0) is 27.0. The van der Waals surface area contributed by atoms with Gasteiger partial charge in [0, 0.05) is 48.6 Å². The molecular formula is C28H27FN6O3. The SMILES string of the molecule is CC(=O)n1cc(CC(=O)N2C[C@H](F)C[C@H]2C(=O)Nc2cccc(C)n2)c2ccc(-c3cnc(C)nc3)cc21. The molecule has 0 bridgehead atoms. The highest BCUT2D eigenvalue weighted by atomic mass is 19.1. The molecule has 0 saturated carbocycles. The van der Waals surface area contributed by atoms with Gasteiger partial charge in [0.25, 0.3) is 0 Å². The number of likely N-dealkylation sites (tertiary alicyclic amines) is 1. The first-order chi connectivity index (χ1) is 18.2. The summed E-state index contributed by atoms with van der Waals surface area (Å²) in [7, 11) is 0. The number of aromatic nitrogens is 4. The molecule has 3 aromatic heterocycles. The van der Waals surface area contributed by atoms with Crippen molar-refractivity contribution in [1.82, 2.24) is 24.4 Å². The molecule has 0 radical (unpaired) electrons. The third kappa shape index (κ3) is 5.02. The lowest BCUT2D eigenvalue weighted by Crippen LogP contribution is -2.44. The van der Waals surface area contributed by atoms with Gasteiger partial charge in [-0.05, 0) is 43.2 Å². The molecule has 0 spiro atoms. The van der Waals surface area contributed by atoms with Crippen molar-refractivity contribution < 1.29 is 18.8 Å². The molecule has 194 valence electrons. The van der Waals surface area contributed by atoms with Gasteiger partial charge in [-0.3, -0.25) is 19.0 Å². The number of nitrogens with one attached hydrogen (secondary N) is 1. The van der Waals surface area contributed by atoms with Crippen LogP contribution >= 0.6 is 0 Å². The zero-order valence-electron chi connectivity index (χ0n) is 21.3. The molecule has 2 atom stereocenters. The molecule has 1 fully saturated rings. The topological polar surface area (TPSA) is 110 Å². The van der Waals surface area contributed by atoms with Crippen molar-refractivity contribution in [3.05, 3.63) is 72.1 Å². The number of hydrogen-bond donors (Lipinski definition) is 1. The average Bonchev–Trinajstić information content (AvgIpc) is 3.45. The monoisotopic (exact) mass is 514 g/mol. The highest BCUT2D eigenvalue weighted by Gasteiger charge is 2.40. The summed E-state index contributed by atoms with van der Waals surface area (Å²) < 4.78 is 15.9. The standard InChI is InChI=1S/C28H27FN6O3/c1-16-5-4-6-26(32-16)33-28(38)25-11-22(29)15-35(25)27(37)10-20-14-34(18(3)36)24-9-19(7-8-23(20)24)21-12-30-17(2)31-13-21/h4-9,12-14,22,25H,10-11,15H2,1-3H3,(H,32,33,38)/t22-,25+/m1/s1. The third-order valence-corrected chi connectivity index (χ3v) is 6.70. The van der Waals surface area contributed by atoms with Crippen molar-refractivity contribution in [3.63, 3.8) is 0 Å². The Bertz CT molecular complexity index is 1550. The molecule has 0 aliphatic carbocycles. The molecule has 5 rings (SSSR count). The maximum Gasteiger partial charge on any atom is 0.248 e. The first-order valence-electron chi connectivity index (χ1n) is 12.3. The van der Waals surface area contributed by atoms with Crippen molar-refractivity contribution in [3.8, 4) is 11.1 Å². The Labute approximate surface area is 218 Å². The van der Waals surface area contributed by atoms with Gasteiger partial charge in [0.05, 0.1) is 18.5 Å². The van der Waals surface area contributed by atoms with E-state index >= 15 is 0 Å². The second-order valence-corrected chi connectivity index (χ2v) is 9.52. The van der Waals surface area contributed by atoms with Crippen LogP contribution in [0, 0.1) is 13.8 Å². The number of hydrogen-bond acceptors (Lipinski definition) is 6. The predicted molar refractivity (Wildman–Crippen MR) is 140 cm³/mol. The normalized spacial score (nSPS) is 17.1. The number of fused-ring (bicyclic) bond motifs is 1. The van der Waals surface area contributed by atoms with Crippen LogP contribution in [-0.4, -0.2) is 60.9 Å². The summed E-state index contributed by atoms with van der Waals surface area (Å²) in [5.74, 6) is -0.0703. The lowest BCUT2D eigenvalue weighted by molar-refractivity contribution is -0.136. The van der Waals surface area contributed by atoms with Gasteiger partial charge in [0.2, 0.25) is 17.7 Å². The number of carbonyl (C=O) groups excluding carboxylic acids is 3. The molecule has 4 heterocycles. The van der Waals surface area contributed by atoms with E-state index in [-0.39, 0.29) is 31.2 Å². The van der Waals surface area contributed by atoms with Crippen LogP contribution in [0.25, 0.3) is 22.0 Å². The van der Waals surface area contributed by atoms with Crippen molar-refractivity contribution in [2.45, 2.75) is 45.8 Å². The Kier molecular flexibility index (Phi) is 6.71. The Hall–Kier alpha value is -4.47. The summed E-state index contributed by atoms with van der Waals surface area (Å²) in [5.41, 5.74) is 3.62. The molecule has 4 aromatic rings. The molecule has 38 heavy (non-hydrogen) atoms. The van der Waals surface area contributed by atoms with Crippen LogP contribution in [0.4, 0.5) is 10.2 Å². The summed E-state index contributed by atoms with van der Waals surface area (Å²) in [6.07, 6.45) is 3.59. The van der Waals surface area contributed by atoms with E-state index in [1.807, 2.05) is 18.2 Å². The van der Waals surface area contributed by atoms with Gasteiger partial charge < -0.3 is 10.2 Å². The fourth-order valence-electron chi connectivity index (χ4n) is 4.82. The molecule has 2 amide bonds. The van der Waals surface area contributed by atoms with Gasteiger partial charge in [-0.1, -0.05) is 18.2 Å². The summed E-state index contributed by atoms with van der Waals surface area (Å²) in [6.45, 7) is 4.88. The van der Waals surface area contributed by atoms with Crippen molar-refractivity contribution in [1.29, 1.82) is 0 Å². The molecule has 10 heteroatoms. The number of halogens is 1. The van der Waals surface area contributed by atoms with E-state index < -0.39 is 18.1 Å². The van der Waals surface area contributed by atoms with Crippen LogP contribution < -0.4 is 5.32 Å². The van der Waals surface area contributed by atoms with E-state index in [4.69, 9.17) is 0 Å². The molecule has 1 N–H and O–H groups in total. The highest BCUT2D eigenvalue weighted by Crippen LogP contribution is 2.29. The van der Waals surface area contributed by atoms with Crippen LogP contribution in [0.3, 0.4) is 0 Å². The summed E-state index contributed by atoms with van der Waals surface area (Å²) in [4.78, 5) is 52.8. The van der Waals surface area contributed by atoms with Crippen LogP contribution in [0.5, 0.6) is 0 Å². The van der Waals surface area contributed by atoms with Gasteiger partial charge in [0.1, 0.15) is 23.9 Å². The van der Waals surface area contributed by atoms with Crippen molar-refractivity contribution in [2.24, 2.45) is 0 Å². The fraction of sp³-hybridized carbons (Fsp3) is 0.286. The minimum absolute atomic E-state index is 0.0804. The van der Waals surface area contributed by atoms with Crippen LogP contribution in [0.1, 0.15) is 35.2 Å². The van der Waals surface area contributed by atoms with Gasteiger partial charge in [-0.15, -0.1) is 0 Å². The van der Waals surface area contributed by atoms with Gasteiger partial charge in [0.15, 0.2) is 0 Å². The van der Waals surface area contributed by atoms with E-state index in [0.717, 1.165) is 22.2 Å². The molecule has 0 unspecified atom stereocenters. The van der Waals surface area contributed by atoms with Crippen molar-refractivity contribution >= 4 is 34.4 Å². The third-order valence-electron chi connectivity index (χ3n) is 6.70. The minimum Gasteiger partial charge on any atom is -0.327 e. The zero-order valence-corrected chi connectivity index (χ0v) is 21.3. The highest BCUT2D eigenvalue weighted by molar-refractivity contribution is 6.00. The quantitative estimate of drug-likeness (QED) is 0.433. The van der Waals surface area contributed by atoms with E-state index in [1.54, 1.807) is 50.6 Å². The van der Waals surface area contributed by atoms with Gasteiger partial charge in [-0.25, -0.2) is 19.3 Å². The summed E-state index contributed by atoms with van der Waals surface area (Å²) in [5, 5.41) is 3.43. The Morgan fingerprint density at radius 1 is 1.08 bits per heavy atom. The molecule has 9 nitrogen and oxygen atoms in total. The molecule has 1 aromatic carbocycles. The number of pyridine rings is 1. The number of amides is 2. The van der Waals surface area contributed by atoms with Crippen molar-refractivity contribution in [2.75, 3.05) is 11.9 Å². The lowest BCUT2D eigenvalue weighted by Gasteiger charge is -2.23. The Morgan fingerprint density at radius 3 is 2.55 bits per heavy atom. The summed E-state index contributed by atoms with van der Waals surface area (Å²) in [6, 6.07) is 9.84. The number of alkyl halides is 1. The molecule has 1 saturated heterocycles. The van der Waals surface area contributed by atoms with Crippen LogP contribution in [0.2, 0.25) is 0 Å². The lowest BCUT2D eigenvalue weighted by atomic mass is 10.0. The van der Waals surface area contributed by atoms with E-state index in [9.17, 15) is 18.8 Å². The van der Waals surface area contributed by atoms with Gasteiger partial charge in [-0.2, -0.15) is 0 Å². The second kappa shape index (κ2) is 10.1. The van der Waals surface area contributed by atoms with E-state index in [2.05, 4.69) is 20.3 Å². The average molecular weight is 515 g/mol.